The van der Waals surface area contributed by atoms with Crippen LogP contribution in [0.3, 0.4) is 0 Å². The normalized spacial score (nSPS) is 25.6. The third kappa shape index (κ3) is 4.31. The molecule has 1 saturated carbocycles. The van der Waals surface area contributed by atoms with Crippen molar-refractivity contribution in [2.24, 2.45) is 5.92 Å². The van der Waals surface area contributed by atoms with Crippen molar-refractivity contribution >= 4 is 0 Å². The van der Waals surface area contributed by atoms with E-state index in [2.05, 4.69) is 15.0 Å². The number of hydrogen-bond acceptors (Lipinski definition) is 5. The van der Waals surface area contributed by atoms with E-state index in [1.165, 1.54) is 38.6 Å². The van der Waals surface area contributed by atoms with Gasteiger partial charge in [0.25, 0.3) is 0 Å². The Morgan fingerprint density at radius 2 is 2.09 bits per heavy atom. The van der Waals surface area contributed by atoms with Crippen LogP contribution in [0.2, 0.25) is 0 Å². The summed E-state index contributed by atoms with van der Waals surface area (Å²) in [7, 11) is 0. The molecule has 1 aliphatic heterocycles. The Morgan fingerprint density at radius 3 is 2.82 bits per heavy atom. The summed E-state index contributed by atoms with van der Waals surface area (Å²) in [6.07, 6.45) is 9.53. The van der Waals surface area contributed by atoms with E-state index in [0.29, 0.717) is 6.04 Å². The van der Waals surface area contributed by atoms with Crippen LogP contribution in [-0.4, -0.2) is 58.9 Å². The topological polar surface area (TPSA) is 52.7 Å². The highest BCUT2D eigenvalue weighted by molar-refractivity contribution is 4.96. The fourth-order valence-electron chi connectivity index (χ4n) is 4.01. The van der Waals surface area contributed by atoms with Gasteiger partial charge >= 0.3 is 0 Å². The molecule has 0 amide bonds. The molecule has 3 rings (SSSR count). The SMILES string of the molecule is OCCC1CN(Cc2ccon2)CCN1CC1CCCCC1. The lowest BCUT2D eigenvalue weighted by molar-refractivity contribution is 0.0391. The van der Waals surface area contributed by atoms with Crippen molar-refractivity contribution in [1.29, 1.82) is 0 Å². The zero-order valence-corrected chi connectivity index (χ0v) is 13.5. The lowest BCUT2D eigenvalue weighted by Crippen LogP contribution is -2.54. The summed E-state index contributed by atoms with van der Waals surface area (Å²) in [6, 6.07) is 2.42. The molecule has 22 heavy (non-hydrogen) atoms. The molecule has 0 spiro atoms. The number of aromatic nitrogens is 1. The highest BCUT2D eigenvalue weighted by Gasteiger charge is 2.29. The van der Waals surface area contributed by atoms with Gasteiger partial charge in [-0.25, -0.2) is 0 Å². The van der Waals surface area contributed by atoms with Gasteiger partial charge in [-0.2, -0.15) is 0 Å². The fraction of sp³-hybridized carbons (Fsp3) is 0.824. The zero-order chi connectivity index (χ0) is 15.2. The quantitative estimate of drug-likeness (QED) is 0.872. The summed E-state index contributed by atoms with van der Waals surface area (Å²) in [4.78, 5) is 5.07. The second-order valence-electron chi connectivity index (χ2n) is 6.89. The van der Waals surface area contributed by atoms with Crippen molar-refractivity contribution in [2.45, 2.75) is 51.1 Å². The summed E-state index contributed by atoms with van der Waals surface area (Å²) >= 11 is 0. The van der Waals surface area contributed by atoms with Crippen molar-refractivity contribution in [3.63, 3.8) is 0 Å². The molecule has 1 saturated heterocycles. The Bertz CT molecular complexity index is 418. The number of aliphatic hydroxyl groups excluding tert-OH is 1. The van der Waals surface area contributed by atoms with Crippen LogP contribution in [0, 0.1) is 5.92 Å². The van der Waals surface area contributed by atoms with Gasteiger partial charge in [0.2, 0.25) is 0 Å². The average Bonchev–Trinajstić information content (AvgIpc) is 3.04. The van der Waals surface area contributed by atoms with Gasteiger partial charge in [0.15, 0.2) is 0 Å². The maximum absolute atomic E-state index is 9.41. The first-order chi connectivity index (χ1) is 10.8. The minimum Gasteiger partial charge on any atom is -0.396 e. The summed E-state index contributed by atoms with van der Waals surface area (Å²) in [5.41, 5.74) is 1.00. The number of nitrogens with zero attached hydrogens (tertiary/aromatic N) is 3. The molecule has 5 nitrogen and oxygen atoms in total. The standard InChI is InChI=1S/C17H29N3O2/c21-10-6-17-14-19(13-16-7-11-22-18-16)8-9-20(17)12-15-4-2-1-3-5-15/h7,11,15,17,21H,1-6,8-10,12-14H2. The second-order valence-corrected chi connectivity index (χ2v) is 6.89. The third-order valence-electron chi connectivity index (χ3n) is 5.25. The molecule has 0 radical (unpaired) electrons. The second kappa shape index (κ2) is 8.09. The van der Waals surface area contributed by atoms with Crippen molar-refractivity contribution in [2.75, 3.05) is 32.8 Å². The summed E-state index contributed by atoms with van der Waals surface area (Å²) in [5.74, 6) is 0.872. The van der Waals surface area contributed by atoms with E-state index >= 15 is 0 Å². The highest BCUT2D eigenvalue weighted by atomic mass is 16.5. The van der Waals surface area contributed by atoms with E-state index in [1.807, 2.05) is 6.07 Å². The number of hydrogen-bond donors (Lipinski definition) is 1. The summed E-state index contributed by atoms with van der Waals surface area (Å²) in [6.45, 7) is 5.59. The number of rotatable bonds is 6. The van der Waals surface area contributed by atoms with Gasteiger partial charge < -0.3 is 9.63 Å². The molecule has 1 aromatic rings. The summed E-state index contributed by atoms with van der Waals surface area (Å²) in [5, 5.41) is 13.4. The molecule has 0 bridgehead atoms. The molecular weight excluding hydrogens is 278 g/mol. The number of aliphatic hydroxyl groups is 1. The Balaban J connectivity index is 1.53. The minimum absolute atomic E-state index is 0.281. The molecule has 124 valence electrons. The maximum atomic E-state index is 9.41. The van der Waals surface area contributed by atoms with Gasteiger partial charge in [0, 0.05) is 51.4 Å². The molecule has 1 aromatic heterocycles. The third-order valence-corrected chi connectivity index (χ3v) is 5.25. The van der Waals surface area contributed by atoms with Gasteiger partial charge in [-0.1, -0.05) is 24.4 Å². The first-order valence-electron chi connectivity index (χ1n) is 8.81. The van der Waals surface area contributed by atoms with E-state index in [1.54, 1.807) is 6.26 Å². The van der Waals surface area contributed by atoms with Gasteiger partial charge in [0.05, 0.1) is 5.69 Å². The van der Waals surface area contributed by atoms with Gasteiger partial charge in [0.1, 0.15) is 6.26 Å². The van der Waals surface area contributed by atoms with E-state index in [-0.39, 0.29) is 6.61 Å². The van der Waals surface area contributed by atoms with Crippen molar-refractivity contribution in [3.05, 3.63) is 18.0 Å². The summed E-state index contributed by atoms with van der Waals surface area (Å²) < 4.78 is 4.92. The van der Waals surface area contributed by atoms with Gasteiger partial charge in [-0.3, -0.25) is 9.80 Å². The molecular formula is C17H29N3O2. The van der Waals surface area contributed by atoms with Gasteiger partial charge in [-0.15, -0.1) is 0 Å². The Morgan fingerprint density at radius 1 is 1.23 bits per heavy atom. The predicted octanol–water partition coefficient (Wildman–Crippen LogP) is 2.12. The molecule has 0 aromatic carbocycles. The smallest absolute Gasteiger partial charge is 0.124 e. The lowest BCUT2D eigenvalue weighted by atomic mass is 9.88. The van der Waals surface area contributed by atoms with E-state index in [0.717, 1.165) is 44.2 Å². The minimum atomic E-state index is 0.281. The Hall–Kier alpha value is -0.910. The molecule has 1 atom stereocenters. The van der Waals surface area contributed by atoms with Crippen LogP contribution in [0.4, 0.5) is 0 Å². The van der Waals surface area contributed by atoms with Crippen molar-refractivity contribution < 1.29 is 9.63 Å². The lowest BCUT2D eigenvalue weighted by Gasteiger charge is -2.43. The molecule has 2 aliphatic rings. The Kier molecular flexibility index (Phi) is 5.87. The monoisotopic (exact) mass is 307 g/mol. The van der Waals surface area contributed by atoms with Crippen LogP contribution >= 0.6 is 0 Å². The molecule has 5 heteroatoms. The van der Waals surface area contributed by atoms with E-state index in [9.17, 15) is 5.11 Å². The van der Waals surface area contributed by atoms with Crippen LogP contribution < -0.4 is 0 Å². The fourth-order valence-corrected chi connectivity index (χ4v) is 4.01. The van der Waals surface area contributed by atoms with Crippen LogP contribution in [0.15, 0.2) is 16.9 Å². The molecule has 1 unspecified atom stereocenters. The molecule has 1 aliphatic carbocycles. The average molecular weight is 307 g/mol. The highest BCUT2D eigenvalue weighted by Crippen LogP contribution is 2.26. The number of piperazine rings is 1. The van der Waals surface area contributed by atoms with Crippen LogP contribution in [-0.2, 0) is 6.54 Å². The molecule has 1 N–H and O–H groups in total. The molecule has 2 fully saturated rings. The Labute approximate surface area is 133 Å². The largest absolute Gasteiger partial charge is 0.396 e. The molecule has 2 heterocycles. The first-order valence-corrected chi connectivity index (χ1v) is 8.81. The van der Waals surface area contributed by atoms with Crippen molar-refractivity contribution in [1.82, 2.24) is 15.0 Å². The van der Waals surface area contributed by atoms with Crippen LogP contribution in [0.5, 0.6) is 0 Å². The van der Waals surface area contributed by atoms with E-state index < -0.39 is 0 Å². The van der Waals surface area contributed by atoms with Gasteiger partial charge in [-0.05, 0) is 25.2 Å². The van der Waals surface area contributed by atoms with Crippen molar-refractivity contribution in [3.8, 4) is 0 Å². The maximum Gasteiger partial charge on any atom is 0.124 e. The van der Waals surface area contributed by atoms with E-state index in [4.69, 9.17) is 4.52 Å². The predicted molar refractivity (Wildman–Crippen MR) is 85.4 cm³/mol. The van der Waals surface area contributed by atoms with Crippen LogP contribution in [0.25, 0.3) is 0 Å². The van der Waals surface area contributed by atoms with Crippen LogP contribution in [0.1, 0.15) is 44.2 Å². The zero-order valence-electron chi connectivity index (χ0n) is 13.5. The first kappa shape index (κ1) is 16.0.